The summed E-state index contributed by atoms with van der Waals surface area (Å²) in [5, 5.41) is 28.1. The average Bonchev–Trinajstić information content (AvgIpc) is 2.95. The largest absolute Gasteiger partial charge is 0.476 e. The first-order valence-electron chi connectivity index (χ1n) is 6.02. The molecule has 0 unspecified atom stereocenters. The van der Waals surface area contributed by atoms with Gasteiger partial charge in [0.05, 0.1) is 27.9 Å². The molecule has 0 saturated heterocycles. The van der Waals surface area contributed by atoms with Crippen LogP contribution in [0.3, 0.4) is 0 Å². The van der Waals surface area contributed by atoms with Crippen LogP contribution < -0.4 is 0 Å². The normalized spacial score (nSPS) is 10.8. The fourth-order valence-electron chi connectivity index (χ4n) is 1.95. The van der Waals surface area contributed by atoms with Crippen LogP contribution in [0, 0.1) is 17.0 Å². The Balaban J connectivity index is 2.43. The molecule has 0 radical (unpaired) electrons. The fraction of sp³-hybridized carbons (Fsp3) is 0.364. The Morgan fingerprint density at radius 2 is 2.19 bits per heavy atom. The molecule has 0 aliphatic rings. The van der Waals surface area contributed by atoms with Crippen molar-refractivity contribution in [3.05, 3.63) is 38.4 Å². The van der Waals surface area contributed by atoms with Crippen LogP contribution in [0.15, 0.2) is 6.20 Å². The molecule has 2 aromatic rings. The lowest BCUT2D eigenvalue weighted by Gasteiger charge is -2.05. The lowest BCUT2D eigenvalue weighted by molar-refractivity contribution is -0.385. The van der Waals surface area contributed by atoms with E-state index in [0.717, 1.165) is 6.20 Å². The van der Waals surface area contributed by atoms with E-state index in [1.807, 2.05) is 6.92 Å². The van der Waals surface area contributed by atoms with E-state index in [-0.39, 0.29) is 6.54 Å². The van der Waals surface area contributed by atoms with Gasteiger partial charge in [-0.1, -0.05) is 11.6 Å². The quantitative estimate of drug-likeness (QED) is 0.663. The molecule has 0 saturated carbocycles. The van der Waals surface area contributed by atoms with Gasteiger partial charge in [-0.05, 0) is 13.8 Å². The van der Waals surface area contributed by atoms with Gasteiger partial charge in [0.1, 0.15) is 6.20 Å². The number of rotatable bonds is 5. The molecule has 2 aromatic heterocycles. The highest BCUT2D eigenvalue weighted by molar-refractivity contribution is 6.31. The molecule has 0 aromatic carbocycles. The van der Waals surface area contributed by atoms with Gasteiger partial charge < -0.3 is 5.11 Å². The molecule has 9 nitrogen and oxygen atoms in total. The maximum atomic E-state index is 11.0. The second kappa shape index (κ2) is 5.52. The number of hydrogen-bond acceptors (Lipinski definition) is 5. The van der Waals surface area contributed by atoms with Crippen molar-refractivity contribution in [1.29, 1.82) is 0 Å². The Hall–Kier alpha value is -2.42. The molecule has 0 aliphatic carbocycles. The topological polar surface area (TPSA) is 116 Å². The second-order valence-corrected chi connectivity index (χ2v) is 4.66. The molecule has 112 valence electrons. The van der Waals surface area contributed by atoms with Crippen LogP contribution >= 0.6 is 11.6 Å². The van der Waals surface area contributed by atoms with Crippen molar-refractivity contribution in [2.45, 2.75) is 26.9 Å². The third-order valence-corrected chi connectivity index (χ3v) is 3.40. The van der Waals surface area contributed by atoms with Crippen molar-refractivity contribution in [2.75, 3.05) is 0 Å². The maximum Gasteiger partial charge on any atom is 0.363 e. The van der Waals surface area contributed by atoms with E-state index < -0.39 is 22.3 Å². The number of halogens is 1. The molecular weight excluding hydrogens is 302 g/mol. The monoisotopic (exact) mass is 313 g/mol. The molecule has 1 N–H and O–H groups in total. The SMILES string of the molecule is CCn1nc(C)c(Cl)c1Cn1cc([N+](=O)[O-])c(C(=O)O)n1. The molecule has 0 bridgehead atoms. The van der Waals surface area contributed by atoms with Gasteiger partial charge in [-0.2, -0.15) is 10.2 Å². The van der Waals surface area contributed by atoms with Crippen molar-refractivity contribution in [3.8, 4) is 0 Å². The Morgan fingerprint density at radius 3 is 2.67 bits per heavy atom. The van der Waals surface area contributed by atoms with Crippen LogP contribution in [0.4, 0.5) is 5.69 Å². The standard InChI is InChI=1S/C11H12ClN5O4/c1-3-16-7(9(12)6(2)13-16)4-15-5-8(17(20)21)10(14-15)11(18)19/h5H,3-4H2,1-2H3,(H,18,19). The Morgan fingerprint density at radius 1 is 1.52 bits per heavy atom. The molecule has 21 heavy (non-hydrogen) atoms. The van der Waals surface area contributed by atoms with E-state index in [4.69, 9.17) is 16.7 Å². The van der Waals surface area contributed by atoms with Gasteiger partial charge in [0.25, 0.3) is 0 Å². The van der Waals surface area contributed by atoms with E-state index in [2.05, 4.69) is 10.2 Å². The van der Waals surface area contributed by atoms with Gasteiger partial charge in [0.2, 0.25) is 5.69 Å². The van der Waals surface area contributed by atoms with Gasteiger partial charge in [-0.3, -0.25) is 19.5 Å². The number of hydrogen-bond donors (Lipinski definition) is 1. The van der Waals surface area contributed by atoms with Crippen molar-refractivity contribution in [2.24, 2.45) is 0 Å². The highest BCUT2D eigenvalue weighted by atomic mass is 35.5. The number of carbonyl (C=O) groups is 1. The van der Waals surface area contributed by atoms with Crippen molar-refractivity contribution >= 4 is 23.3 Å². The third kappa shape index (κ3) is 2.72. The van der Waals surface area contributed by atoms with Gasteiger partial charge >= 0.3 is 11.7 Å². The zero-order valence-corrected chi connectivity index (χ0v) is 12.0. The van der Waals surface area contributed by atoms with Crippen molar-refractivity contribution < 1.29 is 14.8 Å². The zero-order chi connectivity index (χ0) is 15.7. The molecule has 2 heterocycles. The van der Waals surface area contributed by atoms with Crippen molar-refractivity contribution in [1.82, 2.24) is 19.6 Å². The van der Waals surface area contributed by atoms with Gasteiger partial charge in [-0.25, -0.2) is 4.79 Å². The highest BCUT2D eigenvalue weighted by Crippen LogP contribution is 2.23. The molecule has 0 fully saturated rings. The zero-order valence-electron chi connectivity index (χ0n) is 11.3. The highest BCUT2D eigenvalue weighted by Gasteiger charge is 2.26. The van der Waals surface area contributed by atoms with Crippen LogP contribution in [0.25, 0.3) is 0 Å². The van der Waals surface area contributed by atoms with E-state index in [9.17, 15) is 14.9 Å². The summed E-state index contributed by atoms with van der Waals surface area (Å²) in [7, 11) is 0. The Labute approximate surface area is 123 Å². The van der Waals surface area contributed by atoms with E-state index in [1.165, 1.54) is 4.68 Å². The second-order valence-electron chi connectivity index (χ2n) is 4.28. The summed E-state index contributed by atoms with van der Waals surface area (Å²) >= 11 is 6.14. The number of aromatic carboxylic acids is 1. The molecule has 0 atom stereocenters. The summed E-state index contributed by atoms with van der Waals surface area (Å²) in [5.41, 5.74) is 0.0907. The van der Waals surface area contributed by atoms with Crippen LogP contribution in [-0.2, 0) is 13.1 Å². The molecule has 0 aliphatic heterocycles. The summed E-state index contributed by atoms with van der Waals surface area (Å²) < 4.78 is 2.82. The molecule has 2 rings (SSSR count). The maximum absolute atomic E-state index is 11.0. The number of carboxylic acid groups (broad SMARTS) is 1. The van der Waals surface area contributed by atoms with Crippen LogP contribution in [-0.4, -0.2) is 35.6 Å². The number of nitro groups is 1. The smallest absolute Gasteiger partial charge is 0.363 e. The Bertz CT molecular complexity index is 689. The first-order chi connectivity index (χ1) is 9.85. The summed E-state index contributed by atoms with van der Waals surface area (Å²) in [6, 6.07) is 0. The van der Waals surface area contributed by atoms with Gasteiger partial charge in [0, 0.05) is 6.54 Å². The van der Waals surface area contributed by atoms with E-state index in [0.29, 0.717) is 23.0 Å². The minimum absolute atomic E-state index is 0.0988. The molecule has 0 amide bonds. The van der Waals surface area contributed by atoms with E-state index in [1.54, 1.807) is 11.6 Å². The first-order valence-corrected chi connectivity index (χ1v) is 6.39. The minimum Gasteiger partial charge on any atom is -0.476 e. The third-order valence-electron chi connectivity index (χ3n) is 2.91. The van der Waals surface area contributed by atoms with Crippen LogP contribution in [0.2, 0.25) is 5.02 Å². The predicted molar refractivity (Wildman–Crippen MR) is 72.6 cm³/mol. The van der Waals surface area contributed by atoms with Gasteiger partial charge in [-0.15, -0.1) is 0 Å². The van der Waals surface area contributed by atoms with Crippen LogP contribution in [0.5, 0.6) is 0 Å². The molecule has 10 heteroatoms. The first kappa shape index (κ1) is 15.0. The van der Waals surface area contributed by atoms with Crippen molar-refractivity contribution in [3.63, 3.8) is 0 Å². The van der Waals surface area contributed by atoms with Crippen LogP contribution in [0.1, 0.15) is 28.8 Å². The lowest BCUT2D eigenvalue weighted by Crippen LogP contribution is -2.09. The number of aryl methyl sites for hydroxylation is 2. The Kier molecular flexibility index (Phi) is 3.94. The predicted octanol–water partition coefficient (Wildman–Crippen LogP) is 1.72. The van der Waals surface area contributed by atoms with E-state index >= 15 is 0 Å². The summed E-state index contributed by atoms with van der Waals surface area (Å²) in [6.07, 6.45) is 1.07. The average molecular weight is 314 g/mol. The molecule has 0 spiro atoms. The summed E-state index contributed by atoms with van der Waals surface area (Å²) in [6.45, 7) is 4.28. The lowest BCUT2D eigenvalue weighted by atomic mass is 10.3. The number of nitrogens with zero attached hydrogens (tertiary/aromatic N) is 5. The number of aromatic nitrogens is 4. The number of carboxylic acids is 1. The fourth-order valence-corrected chi connectivity index (χ4v) is 2.15. The summed E-state index contributed by atoms with van der Waals surface area (Å²) in [5.74, 6) is -1.45. The molecular formula is C11H12ClN5O4. The van der Waals surface area contributed by atoms with Gasteiger partial charge in [0.15, 0.2) is 0 Å². The minimum atomic E-state index is -1.45. The summed E-state index contributed by atoms with van der Waals surface area (Å²) in [4.78, 5) is 21.0.